The van der Waals surface area contributed by atoms with Crippen molar-refractivity contribution in [3.05, 3.63) is 11.9 Å². The second kappa shape index (κ2) is 8.07. The first-order valence-electron chi connectivity index (χ1n) is 4.92. The number of nitrogens with zero attached hydrogens (tertiary/aromatic N) is 2. The topological polar surface area (TPSA) is 99.9 Å². The molecule has 0 saturated heterocycles. The maximum atomic E-state index is 9.17. The Morgan fingerprint density at radius 1 is 1.60 bits per heavy atom. The first-order valence-corrected chi connectivity index (χ1v) is 4.92. The summed E-state index contributed by atoms with van der Waals surface area (Å²) < 4.78 is 0. The van der Waals surface area contributed by atoms with E-state index in [-0.39, 0.29) is 6.73 Å². The number of nitrogens with two attached hydrogens (primary N) is 2. The molecule has 0 bridgehead atoms. The molecule has 0 aromatic carbocycles. The van der Waals surface area contributed by atoms with Crippen molar-refractivity contribution >= 4 is 5.84 Å². The quantitative estimate of drug-likeness (QED) is 0.190. The van der Waals surface area contributed by atoms with Gasteiger partial charge in [0.25, 0.3) is 0 Å². The highest BCUT2D eigenvalue weighted by molar-refractivity contribution is 5.97. The standard InChI is InChI=1S/C9H21N5O/c1-3-13-4-5-14(7-15)9(12-2)8(11)6-10/h6,13,15H,3-5,7,10-11H2,1-2H3/b8-6+,12-9?. The van der Waals surface area contributed by atoms with E-state index in [0.29, 0.717) is 18.1 Å². The summed E-state index contributed by atoms with van der Waals surface area (Å²) in [4.78, 5) is 5.64. The SMILES string of the molecule is CCNCCN(CO)C(=NC)/C(N)=C\N. The molecule has 0 spiro atoms. The summed E-state index contributed by atoms with van der Waals surface area (Å²) >= 11 is 0. The lowest BCUT2D eigenvalue weighted by Gasteiger charge is -2.23. The van der Waals surface area contributed by atoms with Crippen molar-refractivity contribution in [3.63, 3.8) is 0 Å². The molecule has 15 heavy (non-hydrogen) atoms. The van der Waals surface area contributed by atoms with Crippen LogP contribution in [0.1, 0.15) is 6.92 Å². The molecule has 6 N–H and O–H groups in total. The van der Waals surface area contributed by atoms with Gasteiger partial charge in [-0.05, 0) is 6.54 Å². The molecule has 0 saturated carbocycles. The summed E-state index contributed by atoms with van der Waals surface area (Å²) in [6, 6.07) is 0. The van der Waals surface area contributed by atoms with E-state index in [9.17, 15) is 0 Å². The van der Waals surface area contributed by atoms with Gasteiger partial charge in [0.1, 0.15) is 12.6 Å². The van der Waals surface area contributed by atoms with Gasteiger partial charge < -0.3 is 26.8 Å². The normalized spacial score (nSPS) is 13.0. The largest absolute Gasteiger partial charge is 0.403 e. The number of nitrogens with one attached hydrogen (secondary N) is 1. The van der Waals surface area contributed by atoms with Crippen molar-refractivity contribution in [2.24, 2.45) is 16.5 Å². The van der Waals surface area contributed by atoms with Crippen molar-refractivity contribution < 1.29 is 5.11 Å². The zero-order valence-corrected chi connectivity index (χ0v) is 9.40. The van der Waals surface area contributed by atoms with Crippen LogP contribution >= 0.6 is 0 Å². The molecule has 0 heterocycles. The lowest BCUT2D eigenvalue weighted by molar-refractivity contribution is 0.170. The Kier molecular flexibility index (Phi) is 7.39. The van der Waals surface area contributed by atoms with E-state index in [4.69, 9.17) is 16.6 Å². The zero-order chi connectivity index (χ0) is 11.7. The van der Waals surface area contributed by atoms with Crippen LogP contribution in [0.3, 0.4) is 0 Å². The smallest absolute Gasteiger partial charge is 0.150 e. The second-order valence-corrected chi connectivity index (χ2v) is 2.93. The van der Waals surface area contributed by atoms with Crippen LogP contribution in [0.4, 0.5) is 0 Å². The monoisotopic (exact) mass is 215 g/mol. The Hall–Kier alpha value is -1.27. The number of hydrogen-bond acceptors (Lipinski definition) is 5. The summed E-state index contributed by atoms with van der Waals surface area (Å²) in [6.45, 7) is 4.17. The zero-order valence-electron chi connectivity index (χ0n) is 9.40. The molecule has 0 aliphatic rings. The van der Waals surface area contributed by atoms with E-state index in [1.807, 2.05) is 6.92 Å². The average molecular weight is 215 g/mol. The molecule has 88 valence electrons. The molecule has 0 aromatic rings. The third-order valence-electron chi connectivity index (χ3n) is 1.93. The van der Waals surface area contributed by atoms with Crippen molar-refractivity contribution in [2.45, 2.75) is 6.92 Å². The van der Waals surface area contributed by atoms with Crippen LogP contribution in [0, 0.1) is 0 Å². The Morgan fingerprint density at radius 3 is 2.67 bits per heavy atom. The number of hydrogen-bond donors (Lipinski definition) is 4. The molecular weight excluding hydrogens is 194 g/mol. The van der Waals surface area contributed by atoms with E-state index in [1.54, 1.807) is 11.9 Å². The van der Waals surface area contributed by atoms with Crippen molar-refractivity contribution in [1.29, 1.82) is 0 Å². The number of aliphatic hydroxyl groups is 1. The molecular formula is C9H21N5O. The number of rotatable bonds is 6. The molecule has 0 amide bonds. The minimum absolute atomic E-state index is 0.132. The van der Waals surface area contributed by atoms with Crippen LogP contribution in [-0.4, -0.2) is 49.3 Å². The highest BCUT2D eigenvalue weighted by atomic mass is 16.3. The van der Waals surface area contributed by atoms with Gasteiger partial charge in [-0.15, -0.1) is 0 Å². The predicted molar refractivity (Wildman–Crippen MR) is 62.2 cm³/mol. The van der Waals surface area contributed by atoms with E-state index < -0.39 is 0 Å². The summed E-state index contributed by atoms with van der Waals surface area (Å²) in [5.74, 6) is 0.512. The van der Waals surface area contributed by atoms with Crippen LogP contribution in [0.25, 0.3) is 0 Å². The number of likely N-dealkylation sites (N-methyl/N-ethyl adjacent to an activating group) is 1. The van der Waals surface area contributed by atoms with Gasteiger partial charge in [-0.2, -0.15) is 0 Å². The van der Waals surface area contributed by atoms with Crippen molar-refractivity contribution in [1.82, 2.24) is 10.2 Å². The van der Waals surface area contributed by atoms with E-state index in [0.717, 1.165) is 13.1 Å². The van der Waals surface area contributed by atoms with Gasteiger partial charge in [0.05, 0.1) is 5.70 Å². The molecule has 0 aromatic heterocycles. The Labute approximate surface area is 90.6 Å². The first-order chi connectivity index (χ1) is 7.21. The fraction of sp³-hybridized carbons (Fsp3) is 0.667. The van der Waals surface area contributed by atoms with Crippen LogP contribution in [0.2, 0.25) is 0 Å². The van der Waals surface area contributed by atoms with E-state index >= 15 is 0 Å². The van der Waals surface area contributed by atoms with E-state index in [1.165, 1.54) is 6.20 Å². The van der Waals surface area contributed by atoms with Crippen LogP contribution in [-0.2, 0) is 0 Å². The average Bonchev–Trinajstić information content (AvgIpc) is 2.27. The number of aliphatic imine (C=N–C) groups is 1. The Morgan fingerprint density at radius 2 is 2.27 bits per heavy atom. The maximum absolute atomic E-state index is 9.17. The van der Waals surface area contributed by atoms with Gasteiger partial charge in [0.2, 0.25) is 0 Å². The predicted octanol–water partition coefficient (Wildman–Crippen LogP) is -1.37. The summed E-state index contributed by atoms with van der Waals surface area (Å²) in [5, 5.41) is 12.3. The third-order valence-corrected chi connectivity index (χ3v) is 1.93. The number of aliphatic hydroxyl groups excluding tert-OH is 1. The third kappa shape index (κ3) is 4.66. The van der Waals surface area contributed by atoms with Crippen LogP contribution in [0.15, 0.2) is 16.9 Å². The lowest BCUT2D eigenvalue weighted by atomic mass is 10.3. The fourth-order valence-corrected chi connectivity index (χ4v) is 1.16. The van der Waals surface area contributed by atoms with Crippen molar-refractivity contribution in [3.8, 4) is 0 Å². The lowest BCUT2D eigenvalue weighted by Crippen LogP contribution is -2.40. The van der Waals surface area contributed by atoms with Gasteiger partial charge in [-0.1, -0.05) is 6.92 Å². The molecule has 6 nitrogen and oxygen atoms in total. The molecule has 0 fully saturated rings. The summed E-state index contributed by atoms with van der Waals surface area (Å²) in [5.41, 5.74) is 11.3. The van der Waals surface area contributed by atoms with Crippen LogP contribution in [0.5, 0.6) is 0 Å². The summed E-state index contributed by atoms with van der Waals surface area (Å²) in [6.07, 6.45) is 1.28. The molecule has 0 aliphatic heterocycles. The van der Waals surface area contributed by atoms with Crippen LogP contribution < -0.4 is 16.8 Å². The molecule has 6 heteroatoms. The van der Waals surface area contributed by atoms with Gasteiger partial charge in [-0.25, -0.2) is 0 Å². The first kappa shape index (κ1) is 13.7. The maximum Gasteiger partial charge on any atom is 0.150 e. The van der Waals surface area contributed by atoms with Gasteiger partial charge in [0, 0.05) is 26.3 Å². The Balaban J connectivity index is 4.36. The molecule has 0 radical (unpaired) electrons. The van der Waals surface area contributed by atoms with Gasteiger partial charge in [-0.3, -0.25) is 4.99 Å². The molecule has 0 atom stereocenters. The second-order valence-electron chi connectivity index (χ2n) is 2.93. The highest BCUT2D eigenvalue weighted by Crippen LogP contribution is 1.96. The fourth-order valence-electron chi connectivity index (χ4n) is 1.16. The molecule has 0 unspecified atom stereocenters. The van der Waals surface area contributed by atoms with E-state index in [2.05, 4.69) is 10.3 Å². The molecule has 0 rings (SSSR count). The Bertz CT molecular complexity index is 227. The van der Waals surface area contributed by atoms with Crippen molar-refractivity contribution in [2.75, 3.05) is 33.4 Å². The van der Waals surface area contributed by atoms with Gasteiger partial charge >= 0.3 is 0 Å². The minimum atomic E-state index is -0.132. The molecule has 0 aliphatic carbocycles. The highest BCUT2D eigenvalue weighted by Gasteiger charge is 2.11. The summed E-state index contributed by atoms with van der Waals surface area (Å²) in [7, 11) is 1.61. The number of amidine groups is 1. The van der Waals surface area contributed by atoms with Gasteiger partial charge in [0.15, 0.2) is 0 Å². The minimum Gasteiger partial charge on any atom is -0.403 e.